The predicted molar refractivity (Wildman–Crippen MR) is 86.6 cm³/mol. The lowest BCUT2D eigenvalue weighted by molar-refractivity contribution is 0.00925. The monoisotopic (exact) mass is 294 g/mol. The Morgan fingerprint density at radius 1 is 1.43 bits per heavy atom. The van der Waals surface area contributed by atoms with Crippen LogP contribution in [-0.4, -0.2) is 31.8 Å². The zero-order chi connectivity index (χ0) is 15.4. The minimum Gasteiger partial charge on any atom is -0.382 e. The SMILES string of the molecule is CCC1CC(Nc2ccc(N(C)C(C)C)c(F)c2)CCO1. The molecule has 1 aromatic rings. The number of halogens is 1. The summed E-state index contributed by atoms with van der Waals surface area (Å²) in [6.07, 6.45) is 3.33. The van der Waals surface area contributed by atoms with Crippen LogP contribution in [0.15, 0.2) is 18.2 Å². The van der Waals surface area contributed by atoms with Crippen molar-refractivity contribution >= 4 is 11.4 Å². The number of benzene rings is 1. The number of hydrogen-bond acceptors (Lipinski definition) is 3. The molecule has 0 amide bonds. The van der Waals surface area contributed by atoms with E-state index >= 15 is 0 Å². The van der Waals surface area contributed by atoms with Gasteiger partial charge in [-0.3, -0.25) is 0 Å². The van der Waals surface area contributed by atoms with E-state index in [1.807, 2.05) is 24.1 Å². The number of hydrogen-bond donors (Lipinski definition) is 1. The summed E-state index contributed by atoms with van der Waals surface area (Å²) in [5.74, 6) is -0.171. The van der Waals surface area contributed by atoms with Crippen molar-refractivity contribution in [2.24, 2.45) is 0 Å². The number of nitrogens with zero attached hydrogens (tertiary/aromatic N) is 1. The molecule has 1 aliphatic heterocycles. The third-order valence-electron chi connectivity index (χ3n) is 4.30. The highest BCUT2D eigenvalue weighted by Crippen LogP contribution is 2.26. The number of ether oxygens (including phenoxy) is 1. The third-order valence-corrected chi connectivity index (χ3v) is 4.30. The summed E-state index contributed by atoms with van der Waals surface area (Å²) in [5, 5.41) is 3.44. The van der Waals surface area contributed by atoms with Gasteiger partial charge < -0.3 is 15.0 Å². The van der Waals surface area contributed by atoms with Crippen LogP contribution < -0.4 is 10.2 Å². The van der Waals surface area contributed by atoms with Crippen LogP contribution in [0.5, 0.6) is 0 Å². The number of nitrogens with one attached hydrogen (secondary N) is 1. The van der Waals surface area contributed by atoms with Gasteiger partial charge in [0.25, 0.3) is 0 Å². The van der Waals surface area contributed by atoms with Crippen molar-refractivity contribution in [2.75, 3.05) is 23.9 Å². The second kappa shape index (κ2) is 7.12. The van der Waals surface area contributed by atoms with Gasteiger partial charge in [-0.1, -0.05) is 6.92 Å². The largest absolute Gasteiger partial charge is 0.382 e. The Labute approximate surface area is 127 Å². The molecule has 2 unspecified atom stereocenters. The molecule has 1 aromatic carbocycles. The Morgan fingerprint density at radius 2 is 2.19 bits per heavy atom. The van der Waals surface area contributed by atoms with Gasteiger partial charge in [-0.2, -0.15) is 0 Å². The van der Waals surface area contributed by atoms with Crippen molar-refractivity contribution in [3.05, 3.63) is 24.0 Å². The molecular formula is C17H27FN2O. The second-order valence-corrected chi connectivity index (χ2v) is 6.14. The van der Waals surface area contributed by atoms with Crippen molar-refractivity contribution in [1.29, 1.82) is 0 Å². The summed E-state index contributed by atoms with van der Waals surface area (Å²) in [4.78, 5) is 1.95. The highest BCUT2D eigenvalue weighted by atomic mass is 19.1. The smallest absolute Gasteiger partial charge is 0.148 e. The molecule has 1 saturated heterocycles. The lowest BCUT2D eigenvalue weighted by Gasteiger charge is -2.30. The van der Waals surface area contributed by atoms with Gasteiger partial charge in [0.05, 0.1) is 11.8 Å². The molecular weight excluding hydrogens is 267 g/mol. The molecule has 0 aliphatic carbocycles. The zero-order valence-corrected chi connectivity index (χ0v) is 13.5. The van der Waals surface area contributed by atoms with Crippen LogP contribution >= 0.6 is 0 Å². The van der Waals surface area contributed by atoms with E-state index in [4.69, 9.17) is 4.74 Å². The average Bonchev–Trinajstić information content (AvgIpc) is 2.47. The van der Waals surface area contributed by atoms with E-state index in [1.165, 1.54) is 0 Å². The molecule has 2 rings (SSSR count). The summed E-state index contributed by atoms with van der Waals surface area (Å²) >= 11 is 0. The van der Waals surface area contributed by atoms with Crippen LogP contribution in [0.25, 0.3) is 0 Å². The standard InChI is InChI=1S/C17H27FN2O/c1-5-15-10-14(8-9-21-15)19-13-6-7-17(16(18)11-13)20(4)12(2)3/h6-7,11-12,14-15,19H,5,8-10H2,1-4H3. The van der Waals surface area contributed by atoms with Gasteiger partial charge in [-0.25, -0.2) is 4.39 Å². The van der Waals surface area contributed by atoms with E-state index in [9.17, 15) is 4.39 Å². The maximum absolute atomic E-state index is 14.3. The van der Waals surface area contributed by atoms with Gasteiger partial charge in [0.2, 0.25) is 0 Å². The van der Waals surface area contributed by atoms with Crippen molar-refractivity contribution in [3.8, 4) is 0 Å². The lowest BCUT2D eigenvalue weighted by atomic mass is 10.0. The van der Waals surface area contributed by atoms with Crippen LogP contribution in [0.4, 0.5) is 15.8 Å². The molecule has 4 heteroatoms. The topological polar surface area (TPSA) is 24.5 Å². The summed E-state index contributed by atoms with van der Waals surface area (Å²) < 4.78 is 19.9. The molecule has 1 heterocycles. The van der Waals surface area contributed by atoms with Crippen molar-refractivity contribution in [2.45, 2.75) is 58.2 Å². The first-order chi connectivity index (χ1) is 10.0. The minimum absolute atomic E-state index is 0.171. The first-order valence-corrected chi connectivity index (χ1v) is 7.91. The fourth-order valence-electron chi connectivity index (χ4n) is 2.69. The van der Waals surface area contributed by atoms with Crippen molar-refractivity contribution in [1.82, 2.24) is 0 Å². The highest BCUT2D eigenvalue weighted by Gasteiger charge is 2.21. The molecule has 1 aliphatic rings. The van der Waals surface area contributed by atoms with Crippen LogP contribution in [0.1, 0.15) is 40.0 Å². The Kier molecular flexibility index (Phi) is 5.45. The Hall–Kier alpha value is -1.29. The summed E-state index contributed by atoms with van der Waals surface area (Å²) in [6, 6.07) is 6.07. The molecule has 0 spiro atoms. The molecule has 0 radical (unpaired) electrons. The minimum atomic E-state index is -0.171. The Morgan fingerprint density at radius 3 is 2.81 bits per heavy atom. The summed E-state index contributed by atoms with van der Waals surface area (Å²) in [7, 11) is 1.92. The summed E-state index contributed by atoms with van der Waals surface area (Å²) in [5.41, 5.74) is 1.50. The van der Waals surface area contributed by atoms with E-state index < -0.39 is 0 Å². The molecule has 118 valence electrons. The maximum atomic E-state index is 14.3. The Balaban J connectivity index is 2.03. The number of rotatable bonds is 5. The predicted octanol–water partition coefficient (Wildman–Crippen LogP) is 4.04. The fraction of sp³-hybridized carbons (Fsp3) is 0.647. The van der Waals surface area contributed by atoms with E-state index in [0.29, 0.717) is 17.8 Å². The Bertz CT molecular complexity index is 464. The highest BCUT2D eigenvalue weighted by molar-refractivity contribution is 5.56. The van der Waals surface area contributed by atoms with Crippen LogP contribution in [0.2, 0.25) is 0 Å². The summed E-state index contributed by atoms with van der Waals surface area (Å²) in [6.45, 7) is 7.03. The van der Waals surface area contributed by atoms with Gasteiger partial charge >= 0.3 is 0 Å². The molecule has 0 aromatic heterocycles. The van der Waals surface area contributed by atoms with Crippen LogP contribution in [0, 0.1) is 5.82 Å². The van der Waals surface area contributed by atoms with Crippen LogP contribution in [0.3, 0.4) is 0 Å². The number of anilines is 2. The lowest BCUT2D eigenvalue weighted by Crippen LogP contribution is -2.33. The van der Waals surface area contributed by atoms with Gasteiger partial charge in [-0.15, -0.1) is 0 Å². The zero-order valence-electron chi connectivity index (χ0n) is 13.5. The van der Waals surface area contributed by atoms with E-state index in [0.717, 1.165) is 31.6 Å². The second-order valence-electron chi connectivity index (χ2n) is 6.14. The van der Waals surface area contributed by atoms with Crippen molar-refractivity contribution in [3.63, 3.8) is 0 Å². The average molecular weight is 294 g/mol. The fourth-order valence-corrected chi connectivity index (χ4v) is 2.69. The first-order valence-electron chi connectivity index (χ1n) is 7.91. The van der Waals surface area contributed by atoms with Gasteiger partial charge in [0.1, 0.15) is 5.82 Å². The normalized spacial score (nSPS) is 22.4. The van der Waals surface area contributed by atoms with Gasteiger partial charge in [-0.05, 0) is 51.3 Å². The molecule has 3 nitrogen and oxygen atoms in total. The molecule has 21 heavy (non-hydrogen) atoms. The van der Waals surface area contributed by atoms with E-state index in [1.54, 1.807) is 6.07 Å². The third kappa shape index (κ3) is 4.10. The molecule has 0 saturated carbocycles. The van der Waals surface area contributed by atoms with Gasteiger partial charge in [0.15, 0.2) is 0 Å². The van der Waals surface area contributed by atoms with Crippen LogP contribution in [-0.2, 0) is 4.74 Å². The van der Waals surface area contributed by atoms with Gasteiger partial charge in [0, 0.05) is 31.4 Å². The maximum Gasteiger partial charge on any atom is 0.148 e. The first kappa shape index (κ1) is 16.1. The molecule has 2 atom stereocenters. The van der Waals surface area contributed by atoms with Crippen molar-refractivity contribution < 1.29 is 9.13 Å². The quantitative estimate of drug-likeness (QED) is 0.887. The molecule has 1 fully saturated rings. The van der Waals surface area contributed by atoms with E-state index in [-0.39, 0.29) is 11.9 Å². The molecule has 1 N–H and O–H groups in total. The molecule has 0 bridgehead atoms. The van der Waals surface area contributed by atoms with E-state index in [2.05, 4.69) is 26.1 Å².